The second-order valence-electron chi connectivity index (χ2n) is 5.67. The van der Waals surface area contributed by atoms with E-state index >= 15 is 0 Å². The van der Waals surface area contributed by atoms with Crippen LogP contribution in [0.3, 0.4) is 0 Å². The maximum absolute atomic E-state index is 12.1. The molecule has 26 heavy (non-hydrogen) atoms. The maximum atomic E-state index is 12.1. The minimum absolute atomic E-state index is 0.0165. The smallest absolute Gasteiger partial charge is 0.284 e. The molecule has 7 heteroatoms. The van der Waals surface area contributed by atoms with Crippen molar-refractivity contribution in [2.24, 2.45) is 5.10 Å². The first kappa shape index (κ1) is 17.6. The quantitative estimate of drug-likeness (QED) is 0.613. The van der Waals surface area contributed by atoms with Gasteiger partial charge in [0.2, 0.25) is 6.10 Å². The molecule has 0 aromatic heterocycles. The Hall–Kier alpha value is -3.22. The van der Waals surface area contributed by atoms with E-state index in [9.17, 15) is 9.90 Å². The summed E-state index contributed by atoms with van der Waals surface area (Å²) in [7, 11) is 0. The zero-order valence-corrected chi connectivity index (χ0v) is 14.3. The van der Waals surface area contributed by atoms with E-state index in [1.54, 1.807) is 30.3 Å². The number of fused-ring (bicyclic) bond motifs is 1. The molecule has 1 atom stereocenters. The first-order chi connectivity index (χ1) is 12.7. The molecule has 0 saturated heterocycles. The van der Waals surface area contributed by atoms with Crippen LogP contribution in [-0.4, -0.2) is 36.5 Å². The SMILES string of the molecule is CCCOc1ccc(/C=N/NC(=O)[C@@H]2COc3ccccc3O2)c(O)c1. The third kappa shape index (κ3) is 4.24. The molecule has 0 radical (unpaired) electrons. The molecule has 1 amide bonds. The molecule has 136 valence electrons. The molecule has 2 aromatic carbocycles. The van der Waals surface area contributed by atoms with Gasteiger partial charge in [-0.1, -0.05) is 19.1 Å². The minimum Gasteiger partial charge on any atom is -0.507 e. The number of ether oxygens (including phenoxy) is 3. The van der Waals surface area contributed by atoms with Gasteiger partial charge in [-0.25, -0.2) is 5.43 Å². The van der Waals surface area contributed by atoms with Crippen LogP contribution in [0.1, 0.15) is 18.9 Å². The van der Waals surface area contributed by atoms with Crippen molar-refractivity contribution in [2.75, 3.05) is 13.2 Å². The van der Waals surface area contributed by atoms with Gasteiger partial charge in [-0.3, -0.25) is 4.79 Å². The fraction of sp³-hybridized carbons (Fsp3) is 0.263. The zero-order valence-electron chi connectivity index (χ0n) is 14.3. The van der Waals surface area contributed by atoms with Gasteiger partial charge in [0.25, 0.3) is 5.91 Å². The second kappa shape index (κ2) is 8.24. The summed E-state index contributed by atoms with van der Waals surface area (Å²) < 4.78 is 16.5. The van der Waals surface area contributed by atoms with Gasteiger partial charge < -0.3 is 19.3 Å². The Balaban J connectivity index is 1.56. The first-order valence-corrected chi connectivity index (χ1v) is 8.34. The summed E-state index contributed by atoms with van der Waals surface area (Å²) in [5, 5.41) is 13.8. The molecule has 0 fully saturated rings. The number of amides is 1. The molecular weight excluding hydrogens is 336 g/mol. The highest BCUT2D eigenvalue weighted by molar-refractivity contribution is 5.86. The first-order valence-electron chi connectivity index (χ1n) is 8.34. The van der Waals surface area contributed by atoms with Crippen molar-refractivity contribution in [3.05, 3.63) is 48.0 Å². The van der Waals surface area contributed by atoms with Crippen LogP contribution < -0.4 is 19.6 Å². The highest BCUT2D eigenvalue weighted by Gasteiger charge is 2.26. The van der Waals surface area contributed by atoms with E-state index in [0.717, 1.165) is 6.42 Å². The Morgan fingerprint density at radius 2 is 2.15 bits per heavy atom. The Bertz CT molecular complexity index is 806. The average Bonchev–Trinajstić information content (AvgIpc) is 2.67. The Labute approximate surface area is 151 Å². The minimum atomic E-state index is -0.791. The normalized spacial score (nSPS) is 15.7. The number of carbonyl (C=O) groups excluding carboxylic acids is 1. The number of hydrogen-bond acceptors (Lipinski definition) is 6. The molecule has 0 bridgehead atoms. The molecule has 7 nitrogen and oxygen atoms in total. The van der Waals surface area contributed by atoms with E-state index in [1.807, 2.05) is 13.0 Å². The molecule has 2 aromatic rings. The van der Waals surface area contributed by atoms with Gasteiger partial charge in [-0.2, -0.15) is 5.10 Å². The molecule has 1 aliphatic rings. The number of para-hydroxylation sites is 2. The monoisotopic (exact) mass is 356 g/mol. The van der Waals surface area contributed by atoms with Gasteiger partial charge in [-0.15, -0.1) is 0 Å². The standard InChI is InChI=1S/C19H20N2O5/c1-2-9-24-14-8-7-13(15(22)10-14)11-20-21-19(23)18-12-25-16-5-3-4-6-17(16)26-18/h3-8,10-11,18,22H,2,9,12H2,1H3,(H,21,23)/b20-11+/t18-/m0/s1. The molecule has 0 unspecified atom stereocenters. The third-order valence-corrected chi connectivity index (χ3v) is 3.65. The lowest BCUT2D eigenvalue weighted by atomic mass is 10.2. The van der Waals surface area contributed by atoms with Crippen molar-refractivity contribution in [1.82, 2.24) is 5.43 Å². The largest absolute Gasteiger partial charge is 0.507 e. The van der Waals surface area contributed by atoms with Crippen LogP contribution >= 0.6 is 0 Å². The van der Waals surface area contributed by atoms with E-state index in [1.165, 1.54) is 12.3 Å². The predicted molar refractivity (Wildman–Crippen MR) is 96.0 cm³/mol. The summed E-state index contributed by atoms with van der Waals surface area (Å²) in [6.07, 6.45) is 1.45. The number of nitrogens with zero attached hydrogens (tertiary/aromatic N) is 1. The summed E-state index contributed by atoms with van der Waals surface area (Å²) in [5.41, 5.74) is 2.85. The van der Waals surface area contributed by atoms with Crippen LogP contribution in [0.4, 0.5) is 0 Å². The number of hydrogen-bond donors (Lipinski definition) is 2. The number of phenols is 1. The molecule has 2 N–H and O–H groups in total. The number of benzene rings is 2. The molecule has 1 aliphatic heterocycles. The maximum Gasteiger partial charge on any atom is 0.284 e. The van der Waals surface area contributed by atoms with Crippen LogP contribution in [0.25, 0.3) is 0 Å². The van der Waals surface area contributed by atoms with E-state index in [-0.39, 0.29) is 12.4 Å². The predicted octanol–water partition coefficient (Wildman–Crippen LogP) is 2.47. The number of rotatable bonds is 6. The topological polar surface area (TPSA) is 89.4 Å². The number of nitrogens with one attached hydrogen (secondary N) is 1. The summed E-state index contributed by atoms with van der Waals surface area (Å²) in [4.78, 5) is 12.1. The van der Waals surface area contributed by atoms with Crippen molar-refractivity contribution in [1.29, 1.82) is 0 Å². The van der Waals surface area contributed by atoms with Gasteiger partial charge in [0.05, 0.1) is 12.8 Å². The van der Waals surface area contributed by atoms with Crippen LogP contribution in [0.2, 0.25) is 0 Å². The fourth-order valence-electron chi connectivity index (χ4n) is 2.33. The molecular formula is C19H20N2O5. The third-order valence-electron chi connectivity index (χ3n) is 3.65. The lowest BCUT2D eigenvalue weighted by molar-refractivity contribution is -0.130. The van der Waals surface area contributed by atoms with E-state index in [0.29, 0.717) is 29.4 Å². The molecule has 0 saturated carbocycles. The summed E-state index contributed by atoms with van der Waals surface area (Å²) in [6.45, 7) is 2.69. The lowest BCUT2D eigenvalue weighted by Gasteiger charge is -2.24. The van der Waals surface area contributed by atoms with E-state index in [2.05, 4.69) is 10.5 Å². The summed E-state index contributed by atoms with van der Waals surface area (Å²) >= 11 is 0. The molecule has 1 heterocycles. The van der Waals surface area contributed by atoms with Crippen molar-refractivity contribution in [2.45, 2.75) is 19.4 Å². The fourth-order valence-corrected chi connectivity index (χ4v) is 2.33. The van der Waals surface area contributed by atoms with Crippen molar-refractivity contribution in [3.63, 3.8) is 0 Å². The van der Waals surface area contributed by atoms with Gasteiger partial charge in [0, 0.05) is 11.6 Å². The van der Waals surface area contributed by atoms with Crippen LogP contribution in [0, 0.1) is 0 Å². The summed E-state index contributed by atoms with van der Waals surface area (Å²) in [6, 6.07) is 12.0. The molecule has 0 aliphatic carbocycles. The van der Waals surface area contributed by atoms with Crippen LogP contribution in [0.5, 0.6) is 23.0 Å². The van der Waals surface area contributed by atoms with Crippen molar-refractivity contribution < 1.29 is 24.1 Å². The van der Waals surface area contributed by atoms with Gasteiger partial charge in [0.1, 0.15) is 18.1 Å². The van der Waals surface area contributed by atoms with Gasteiger partial charge in [-0.05, 0) is 30.7 Å². The van der Waals surface area contributed by atoms with Crippen molar-refractivity contribution >= 4 is 12.1 Å². The zero-order chi connectivity index (χ0) is 18.4. The number of aromatic hydroxyl groups is 1. The average molecular weight is 356 g/mol. The molecule has 3 rings (SSSR count). The van der Waals surface area contributed by atoms with Gasteiger partial charge in [0.15, 0.2) is 11.5 Å². The highest BCUT2D eigenvalue weighted by Crippen LogP contribution is 2.30. The number of phenolic OH excluding ortho intramolecular Hbond substituents is 1. The Kier molecular flexibility index (Phi) is 5.58. The van der Waals surface area contributed by atoms with Gasteiger partial charge >= 0.3 is 0 Å². The van der Waals surface area contributed by atoms with Crippen LogP contribution in [0.15, 0.2) is 47.6 Å². The second-order valence-corrected chi connectivity index (χ2v) is 5.67. The Morgan fingerprint density at radius 1 is 1.35 bits per heavy atom. The van der Waals surface area contributed by atoms with E-state index < -0.39 is 12.0 Å². The highest BCUT2D eigenvalue weighted by atomic mass is 16.6. The van der Waals surface area contributed by atoms with Crippen molar-refractivity contribution in [3.8, 4) is 23.0 Å². The number of hydrazone groups is 1. The van der Waals surface area contributed by atoms with Crippen LogP contribution in [-0.2, 0) is 4.79 Å². The lowest BCUT2D eigenvalue weighted by Crippen LogP contribution is -2.42. The summed E-state index contributed by atoms with van der Waals surface area (Å²) in [5.74, 6) is 1.29. The number of carbonyl (C=O) groups is 1. The van der Waals surface area contributed by atoms with E-state index in [4.69, 9.17) is 14.2 Å². The Morgan fingerprint density at radius 3 is 2.92 bits per heavy atom. The molecule has 0 spiro atoms.